The molecule has 1 atom stereocenters. The number of halogens is 2. The predicted molar refractivity (Wildman–Crippen MR) is 98.0 cm³/mol. The lowest BCUT2D eigenvalue weighted by atomic mass is 10.1. The second-order valence-electron chi connectivity index (χ2n) is 6.21. The molecule has 2 amide bonds. The lowest BCUT2D eigenvalue weighted by Gasteiger charge is -2.28. The predicted octanol–water partition coefficient (Wildman–Crippen LogP) is 3.15. The zero-order valence-corrected chi connectivity index (χ0v) is 14.9. The summed E-state index contributed by atoms with van der Waals surface area (Å²) in [4.78, 5) is 26.3. The fourth-order valence-electron chi connectivity index (χ4n) is 3.09. The summed E-state index contributed by atoms with van der Waals surface area (Å²) in [6.07, 6.45) is 0.145. The molecule has 0 aliphatic carbocycles. The molecule has 6 nitrogen and oxygen atoms in total. The van der Waals surface area contributed by atoms with Crippen molar-refractivity contribution in [1.82, 2.24) is 0 Å². The van der Waals surface area contributed by atoms with Gasteiger partial charge in [-0.15, -0.1) is 0 Å². The van der Waals surface area contributed by atoms with Crippen LogP contribution in [-0.2, 0) is 9.59 Å². The van der Waals surface area contributed by atoms with Crippen molar-refractivity contribution < 1.29 is 23.1 Å². The molecule has 2 aromatic carbocycles. The van der Waals surface area contributed by atoms with Crippen LogP contribution in [0.4, 0.5) is 25.8 Å². The van der Waals surface area contributed by atoms with Crippen molar-refractivity contribution in [2.24, 2.45) is 0 Å². The summed E-state index contributed by atoms with van der Waals surface area (Å²) in [6.45, 7) is 1.57. The van der Waals surface area contributed by atoms with Crippen LogP contribution in [-0.4, -0.2) is 31.5 Å². The average Bonchev–Trinajstić information content (AvgIpc) is 2.73. The Morgan fingerprint density at radius 1 is 1.30 bits per heavy atom. The van der Waals surface area contributed by atoms with E-state index in [1.54, 1.807) is 31.2 Å². The van der Waals surface area contributed by atoms with Crippen LogP contribution in [0.2, 0.25) is 0 Å². The summed E-state index contributed by atoms with van der Waals surface area (Å²) in [7, 11) is 1.17. The number of hydrogen-bond donors (Lipinski definition) is 2. The topological polar surface area (TPSA) is 70.7 Å². The summed E-state index contributed by atoms with van der Waals surface area (Å²) in [5, 5.41) is 5.50. The first-order valence-corrected chi connectivity index (χ1v) is 8.38. The number of carbonyl (C=O) groups is 2. The van der Waals surface area contributed by atoms with Gasteiger partial charge >= 0.3 is 0 Å². The van der Waals surface area contributed by atoms with E-state index in [4.69, 9.17) is 0 Å². The van der Waals surface area contributed by atoms with Crippen LogP contribution in [0.3, 0.4) is 0 Å². The number of amides is 2. The molecule has 0 aromatic heterocycles. The number of ether oxygens (including phenoxy) is 1. The number of nitrogens with one attached hydrogen (secondary N) is 2. The first-order valence-electron chi connectivity index (χ1n) is 8.38. The Bertz CT molecular complexity index is 865. The average molecular weight is 375 g/mol. The molecule has 0 spiro atoms. The van der Waals surface area contributed by atoms with Crippen molar-refractivity contribution in [3.8, 4) is 5.75 Å². The SMILES string of the molecule is COc1c(F)cc(NCC(=O)N2c3ccccc3NC(=O)C[C@H]2C)cc1F. The summed E-state index contributed by atoms with van der Waals surface area (Å²) in [5.74, 6) is -2.72. The first-order chi connectivity index (χ1) is 12.9. The highest BCUT2D eigenvalue weighted by molar-refractivity contribution is 6.05. The Hall–Kier alpha value is -3.16. The van der Waals surface area contributed by atoms with Crippen LogP contribution in [0.1, 0.15) is 13.3 Å². The van der Waals surface area contributed by atoms with E-state index < -0.39 is 17.4 Å². The van der Waals surface area contributed by atoms with Crippen molar-refractivity contribution in [1.29, 1.82) is 0 Å². The van der Waals surface area contributed by atoms with Crippen molar-refractivity contribution in [2.75, 3.05) is 29.2 Å². The number of benzene rings is 2. The molecule has 3 rings (SSSR count). The van der Waals surface area contributed by atoms with Gasteiger partial charge in [0.25, 0.3) is 0 Å². The van der Waals surface area contributed by atoms with Crippen LogP contribution in [0, 0.1) is 11.6 Å². The zero-order chi connectivity index (χ0) is 19.6. The Labute approximate surface area is 155 Å². The van der Waals surface area contributed by atoms with Gasteiger partial charge in [-0.1, -0.05) is 12.1 Å². The van der Waals surface area contributed by atoms with Crippen molar-refractivity contribution in [3.05, 3.63) is 48.0 Å². The van der Waals surface area contributed by atoms with Gasteiger partial charge in [-0.3, -0.25) is 9.59 Å². The number of carbonyl (C=O) groups excluding carboxylic acids is 2. The third-order valence-electron chi connectivity index (χ3n) is 4.27. The van der Waals surface area contributed by atoms with Crippen LogP contribution < -0.4 is 20.3 Å². The summed E-state index contributed by atoms with van der Waals surface area (Å²) in [5.41, 5.74) is 1.24. The van der Waals surface area contributed by atoms with E-state index >= 15 is 0 Å². The Kier molecular flexibility index (Phi) is 5.25. The molecule has 0 saturated carbocycles. The molecular weight excluding hydrogens is 356 g/mol. The van der Waals surface area contributed by atoms with E-state index in [0.29, 0.717) is 11.4 Å². The fraction of sp³-hybridized carbons (Fsp3) is 0.263. The molecule has 1 aliphatic rings. The third-order valence-corrected chi connectivity index (χ3v) is 4.27. The molecule has 2 N–H and O–H groups in total. The lowest BCUT2D eigenvalue weighted by molar-refractivity contribution is -0.118. The smallest absolute Gasteiger partial charge is 0.246 e. The minimum atomic E-state index is -0.865. The molecular formula is C19H19F2N3O3. The molecule has 27 heavy (non-hydrogen) atoms. The van der Waals surface area contributed by atoms with E-state index in [1.807, 2.05) is 0 Å². The molecule has 0 fully saturated rings. The van der Waals surface area contributed by atoms with Gasteiger partial charge < -0.3 is 20.3 Å². The van der Waals surface area contributed by atoms with Crippen molar-refractivity contribution in [3.63, 3.8) is 0 Å². The van der Waals surface area contributed by atoms with Crippen molar-refractivity contribution >= 4 is 28.9 Å². The first kappa shape index (κ1) is 18.6. The Morgan fingerprint density at radius 3 is 2.63 bits per heavy atom. The van der Waals surface area contributed by atoms with E-state index in [0.717, 1.165) is 12.1 Å². The molecule has 0 saturated heterocycles. The van der Waals surface area contributed by atoms with E-state index in [-0.39, 0.29) is 36.5 Å². The molecule has 0 bridgehead atoms. The van der Waals surface area contributed by atoms with E-state index in [2.05, 4.69) is 15.4 Å². The number of methoxy groups -OCH3 is 1. The maximum atomic E-state index is 13.8. The maximum absolute atomic E-state index is 13.8. The van der Waals surface area contributed by atoms with Gasteiger partial charge in [0.2, 0.25) is 11.8 Å². The van der Waals surface area contributed by atoms with Gasteiger partial charge in [-0.25, -0.2) is 8.78 Å². The fourth-order valence-corrected chi connectivity index (χ4v) is 3.09. The number of fused-ring (bicyclic) bond motifs is 1. The molecule has 8 heteroatoms. The van der Waals surface area contributed by atoms with Crippen LogP contribution in [0.25, 0.3) is 0 Å². The largest absolute Gasteiger partial charge is 0.491 e. The molecule has 142 valence electrons. The second kappa shape index (κ2) is 7.61. The van der Waals surface area contributed by atoms with Crippen LogP contribution in [0.15, 0.2) is 36.4 Å². The van der Waals surface area contributed by atoms with Gasteiger partial charge in [0.1, 0.15) is 0 Å². The molecule has 0 radical (unpaired) electrons. The van der Waals surface area contributed by atoms with Gasteiger partial charge in [0.05, 0.1) is 25.0 Å². The van der Waals surface area contributed by atoms with Gasteiger partial charge in [-0.05, 0) is 19.1 Å². The van der Waals surface area contributed by atoms with Crippen molar-refractivity contribution in [2.45, 2.75) is 19.4 Å². The highest BCUT2D eigenvalue weighted by atomic mass is 19.1. The van der Waals surface area contributed by atoms with Gasteiger partial charge in [-0.2, -0.15) is 0 Å². The minimum Gasteiger partial charge on any atom is -0.491 e. The van der Waals surface area contributed by atoms with Crippen LogP contribution >= 0.6 is 0 Å². The van der Waals surface area contributed by atoms with E-state index in [9.17, 15) is 18.4 Å². The maximum Gasteiger partial charge on any atom is 0.246 e. The van der Waals surface area contributed by atoms with Gasteiger partial charge in [0.15, 0.2) is 17.4 Å². The normalized spacial score (nSPS) is 16.2. The minimum absolute atomic E-state index is 0.115. The Morgan fingerprint density at radius 2 is 1.96 bits per heavy atom. The summed E-state index contributed by atoms with van der Waals surface area (Å²) in [6, 6.07) is 8.73. The van der Waals surface area contributed by atoms with E-state index in [1.165, 1.54) is 12.0 Å². The Balaban J connectivity index is 1.80. The summed E-state index contributed by atoms with van der Waals surface area (Å²) >= 11 is 0. The molecule has 0 unspecified atom stereocenters. The molecule has 1 heterocycles. The number of para-hydroxylation sites is 2. The van der Waals surface area contributed by atoms with Crippen LogP contribution in [0.5, 0.6) is 5.75 Å². The molecule has 2 aromatic rings. The molecule has 1 aliphatic heterocycles. The third kappa shape index (κ3) is 3.84. The number of rotatable bonds is 4. The zero-order valence-electron chi connectivity index (χ0n) is 14.9. The van der Waals surface area contributed by atoms with Gasteiger partial charge in [0, 0.05) is 30.3 Å². The number of anilines is 3. The standard InChI is InChI=1S/C19H19F2N3O3/c1-11-7-17(25)23-15-5-3-4-6-16(15)24(11)18(26)10-22-12-8-13(20)19(27-2)14(21)9-12/h3-6,8-9,11,22H,7,10H2,1-2H3,(H,23,25)/t11-/m1/s1. The monoisotopic (exact) mass is 375 g/mol. The number of nitrogens with zero attached hydrogens (tertiary/aromatic N) is 1. The second-order valence-corrected chi connectivity index (χ2v) is 6.21. The highest BCUT2D eigenvalue weighted by Crippen LogP contribution is 2.31. The summed E-state index contributed by atoms with van der Waals surface area (Å²) < 4.78 is 32.2. The highest BCUT2D eigenvalue weighted by Gasteiger charge is 2.29. The number of hydrogen-bond acceptors (Lipinski definition) is 4. The lowest BCUT2D eigenvalue weighted by Crippen LogP contribution is -2.42. The quantitative estimate of drug-likeness (QED) is 0.861.